The molecule has 0 aliphatic carbocycles. The van der Waals surface area contributed by atoms with E-state index < -0.39 is 0 Å². The van der Waals surface area contributed by atoms with Crippen LogP contribution in [0.25, 0.3) is 0 Å². The molecule has 18 heavy (non-hydrogen) atoms. The van der Waals surface area contributed by atoms with Crippen molar-refractivity contribution < 1.29 is 4.79 Å². The predicted octanol–water partition coefficient (Wildman–Crippen LogP) is 4.49. The van der Waals surface area contributed by atoms with Crippen LogP contribution in [-0.4, -0.2) is 5.78 Å². The number of Topliss-reactive ketones (excluding diaryl/α,β-unsaturated/α-hetero) is 1. The number of hydrogen-bond donors (Lipinski definition) is 0. The molecule has 0 aliphatic rings. The van der Waals surface area contributed by atoms with E-state index in [0.717, 1.165) is 21.2 Å². The van der Waals surface area contributed by atoms with Gasteiger partial charge in [-0.1, -0.05) is 51.8 Å². The molecule has 0 N–H and O–H groups in total. The molecule has 0 atom stereocenters. The van der Waals surface area contributed by atoms with E-state index in [0.29, 0.717) is 6.42 Å². The van der Waals surface area contributed by atoms with Gasteiger partial charge in [-0.3, -0.25) is 4.79 Å². The van der Waals surface area contributed by atoms with E-state index in [1.165, 1.54) is 5.56 Å². The minimum atomic E-state index is 0.170. The average molecular weight is 303 g/mol. The summed E-state index contributed by atoms with van der Waals surface area (Å²) in [5.41, 5.74) is 4.10. The molecule has 1 nitrogen and oxygen atoms in total. The average Bonchev–Trinajstić information content (AvgIpc) is 2.32. The monoisotopic (exact) mass is 302 g/mol. The van der Waals surface area contributed by atoms with Crippen molar-refractivity contribution in [1.29, 1.82) is 0 Å². The van der Waals surface area contributed by atoms with Crippen LogP contribution in [0.4, 0.5) is 0 Å². The molecule has 0 spiro atoms. The van der Waals surface area contributed by atoms with Crippen molar-refractivity contribution in [1.82, 2.24) is 0 Å². The highest BCUT2D eigenvalue weighted by molar-refractivity contribution is 9.10. The highest BCUT2D eigenvalue weighted by Crippen LogP contribution is 2.18. The lowest BCUT2D eigenvalue weighted by Gasteiger charge is -2.06. The van der Waals surface area contributed by atoms with Crippen molar-refractivity contribution in [2.75, 3.05) is 0 Å². The van der Waals surface area contributed by atoms with Crippen LogP contribution in [0.2, 0.25) is 0 Å². The van der Waals surface area contributed by atoms with Crippen LogP contribution in [0, 0.1) is 13.8 Å². The Morgan fingerprint density at radius 1 is 1.06 bits per heavy atom. The van der Waals surface area contributed by atoms with Crippen LogP contribution in [0.15, 0.2) is 46.9 Å². The van der Waals surface area contributed by atoms with Gasteiger partial charge in [-0.15, -0.1) is 0 Å². The number of hydrogen-bond acceptors (Lipinski definition) is 1. The van der Waals surface area contributed by atoms with Crippen LogP contribution in [0.3, 0.4) is 0 Å². The van der Waals surface area contributed by atoms with Crippen LogP contribution >= 0.6 is 15.9 Å². The van der Waals surface area contributed by atoms with E-state index in [4.69, 9.17) is 0 Å². The molecule has 92 valence electrons. The lowest BCUT2D eigenvalue weighted by molar-refractivity contribution is 0.0992. The van der Waals surface area contributed by atoms with Gasteiger partial charge in [-0.25, -0.2) is 0 Å². The summed E-state index contributed by atoms with van der Waals surface area (Å²) in [5.74, 6) is 0.170. The van der Waals surface area contributed by atoms with E-state index in [1.807, 2.05) is 56.3 Å². The molecule has 0 radical (unpaired) electrons. The second-order valence-electron chi connectivity index (χ2n) is 4.54. The van der Waals surface area contributed by atoms with Crippen molar-refractivity contribution in [3.8, 4) is 0 Å². The first-order valence-corrected chi connectivity index (χ1v) is 6.70. The summed E-state index contributed by atoms with van der Waals surface area (Å²) in [5, 5.41) is 0. The molecule has 0 unspecified atom stereocenters. The molecule has 0 fully saturated rings. The summed E-state index contributed by atoms with van der Waals surface area (Å²) in [6, 6.07) is 13.9. The maximum atomic E-state index is 12.2. The van der Waals surface area contributed by atoms with Crippen LogP contribution in [0.1, 0.15) is 27.0 Å². The lowest BCUT2D eigenvalue weighted by Crippen LogP contribution is -2.05. The number of halogens is 1. The van der Waals surface area contributed by atoms with E-state index >= 15 is 0 Å². The third-order valence-corrected chi connectivity index (χ3v) is 3.47. The van der Waals surface area contributed by atoms with Gasteiger partial charge in [0.2, 0.25) is 0 Å². The molecule has 0 bridgehead atoms. The van der Waals surface area contributed by atoms with Crippen LogP contribution in [0.5, 0.6) is 0 Å². The van der Waals surface area contributed by atoms with E-state index in [1.54, 1.807) is 0 Å². The number of aryl methyl sites for hydroxylation is 2. The minimum Gasteiger partial charge on any atom is -0.294 e. The van der Waals surface area contributed by atoms with Gasteiger partial charge >= 0.3 is 0 Å². The molecule has 2 aromatic carbocycles. The summed E-state index contributed by atoms with van der Waals surface area (Å²) in [4.78, 5) is 12.2. The largest absolute Gasteiger partial charge is 0.294 e. The quantitative estimate of drug-likeness (QED) is 0.763. The zero-order valence-electron chi connectivity index (χ0n) is 10.5. The molecule has 0 saturated heterocycles. The SMILES string of the molecule is Cc1ccc(CC(=O)c2ccc(Br)cc2C)cc1. The topological polar surface area (TPSA) is 17.1 Å². The highest BCUT2D eigenvalue weighted by atomic mass is 79.9. The van der Waals surface area contributed by atoms with Gasteiger partial charge in [0.1, 0.15) is 0 Å². The van der Waals surface area contributed by atoms with Gasteiger partial charge in [0.15, 0.2) is 5.78 Å². The van der Waals surface area contributed by atoms with Crippen LogP contribution in [-0.2, 0) is 6.42 Å². The number of carbonyl (C=O) groups is 1. The Hall–Kier alpha value is -1.41. The summed E-state index contributed by atoms with van der Waals surface area (Å²) in [6.45, 7) is 4.01. The van der Waals surface area contributed by atoms with Crippen molar-refractivity contribution >= 4 is 21.7 Å². The Labute approximate surface area is 116 Å². The van der Waals surface area contributed by atoms with Crippen molar-refractivity contribution in [3.63, 3.8) is 0 Å². The number of rotatable bonds is 3. The molecule has 2 heteroatoms. The lowest BCUT2D eigenvalue weighted by atomic mass is 9.99. The third-order valence-electron chi connectivity index (χ3n) is 2.97. The first-order valence-electron chi connectivity index (χ1n) is 5.91. The molecule has 0 saturated carbocycles. The van der Waals surface area contributed by atoms with E-state index in [9.17, 15) is 4.79 Å². The summed E-state index contributed by atoms with van der Waals surface area (Å²) < 4.78 is 1.01. The first kappa shape index (κ1) is 13.0. The van der Waals surface area contributed by atoms with Gasteiger partial charge < -0.3 is 0 Å². The molecular formula is C16H15BrO. The van der Waals surface area contributed by atoms with E-state index in [-0.39, 0.29) is 5.78 Å². The molecule has 0 amide bonds. The fourth-order valence-electron chi connectivity index (χ4n) is 1.93. The highest BCUT2D eigenvalue weighted by Gasteiger charge is 2.09. The van der Waals surface area contributed by atoms with Gasteiger partial charge in [0.05, 0.1) is 0 Å². The van der Waals surface area contributed by atoms with Crippen LogP contribution < -0.4 is 0 Å². The molecule has 0 aliphatic heterocycles. The van der Waals surface area contributed by atoms with Crippen molar-refractivity contribution in [3.05, 3.63) is 69.2 Å². The molecular weight excluding hydrogens is 288 g/mol. The Morgan fingerprint density at radius 3 is 2.33 bits per heavy atom. The Kier molecular flexibility index (Phi) is 3.97. The summed E-state index contributed by atoms with van der Waals surface area (Å²) in [7, 11) is 0. The Balaban J connectivity index is 2.19. The third kappa shape index (κ3) is 3.08. The summed E-state index contributed by atoms with van der Waals surface area (Å²) >= 11 is 3.41. The van der Waals surface area contributed by atoms with E-state index in [2.05, 4.69) is 15.9 Å². The molecule has 2 rings (SSSR count). The maximum absolute atomic E-state index is 12.2. The van der Waals surface area contributed by atoms with Gasteiger partial charge in [-0.05, 0) is 37.1 Å². The smallest absolute Gasteiger partial charge is 0.167 e. The second kappa shape index (κ2) is 5.49. The fraction of sp³-hybridized carbons (Fsp3) is 0.188. The minimum absolute atomic E-state index is 0.170. The molecule has 2 aromatic rings. The normalized spacial score (nSPS) is 10.4. The number of benzene rings is 2. The van der Waals surface area contributed by atoms with Crippen molar-refractivity contribution in [2.45, 2.75) is 20.3 Å². The fourth-order valence-corrected chi connectivity index (χ4v) is 2.40. The second-order valence-corrected chi connectivity index (χ2v) is 5.46. The maximum Gasteiger partial charge on any atom is 0.167 e. The Morgan fingerprint density at radius 2 is 1.72 bits per heavy atom. The van der Waals surface area contributed by atoms with Gasteiger partial charge in [-0.2, -0.15) is 0 Å². The predicted molar refractivity (Wildman–Crippen MR) is 78.1 cm³/mol. The Bertz CT molecular complexity index is 570. The first-order chi connectivity index (χ1) is 8.56. The summed E-state index contributed by atoms with van der Waals surface area (Å²) in [6.07, 6.45) is 0.461. The standard InChI is InChI=1S/C16H15BrO/c1-11-3-5-13(6-4-11)10-16(18)15-8-7-14(17)9-12(15)2/h3-9H,10H2,1-2H3. The van der Waals surface area contributed by atoms with Crippen molar-refractivity contribution in [2.24, 2.45) is 0 Å². The van der Waals surface area contributed by atoms with Gasteiger partial charge in [0.25, 0.3) is 0 Å². The zero-order valence-corrected chi connectivity index (χ0v) is 12.1. The zero-order chi connectivity index (χ0) is 13.1. The number of ketones is 1. The molecule has 0 aromatic heterocycles. The number of carbonyl (C=O) groups excluding carboxylic acids is 1. The van der Waals surface area contributed by atoms with Gasteiger partial charge in [0, 0.05) is 16.5 Å². The molecule has 0 heterocycles.